The number of hydrogen-bond acceptors (Lipinski definition) is 5. The van der Waals surface area contributed by atoms with Crippen LogP contribution in [0.2, 0.25) is 0 Å². The van der Waals surface area contributed by atoms with Gasteiger partial charge in [-0.15, -0.1) is 11.3 Å². The summed E-state index contributed by atoms with van der Waals surface area (Å²) in [5, 5.41) is 6.31. The van der Waals surface area contributed by atoms with Gasteiger partial charge in [0.1, 0.15) is 6.04 Å². The van der Waals surface area contributed by atoms with E-state index in [2.05, 4.69) is 40.7 Å². The molecule has 0 bridgehead atoms. The average molecular weight is 457 g/mol. The first-order chi connectivity index (χ1) is 15.0. The van der Waals surface area contributed by atoms with Gasteiger partial charge in [-0.25, -0.2) is 4.98 Å². The third kappa shape index (κ3) is 5.04. The first-order valence-electron chi connectivity index (χ1n) is 11.3. The SMILES string of the molecule is CNC(C(=O)N1CCCC1C(=O)NC(C)c1ccc(-c2scnc2C)cc1C)C(C)(C)C. The molecule has 0 spiro atoms. The predicted octanol–water partition coefficient (Wildman–Crippen LogP) is 4.23. The van der Waals surface area contributed by atoms with Gasteiger partial charge in [-0.2, -0.15) is 0 Å². The second-order valence-electron chi connectivity index (χ2n) is 9.85. The molecule has 2 aromatic rings. The van der Waals surface area contributed by atoms with Gasteiger partial charge in [0.15, 0.2) is 0 Å². The highest BCUT2D eigenvalue weighted by Gasteiger charge is 2.40. The standard InChI is InChI=1S/C25H36N4O2S/c1-15-13-18(21-17(3)27-14-32-21)10-11-19(15)16(2)28-23(30)20-9-8-12-29(20)24(31)22(26-7)25(4,5)6/h10-11,13-14,16,20,22,26H,8-9,12H2,1-7H3,(H,28,30). The molecule has 1 aliphatic rings. The average Bonchev–Trinajstić information content (AvgIpc) is 3.36. The van der Waals surface area contributed by atoms with Gasteiger partial charge in [0.2, 0.25) is 11.8 Å². The number of aromatic nitrogens is 1. The van der Waals surface area contributed by atoms with Crippen molar-refractivity contribution in [2.45, 2.75) is 72.5 Å². The maximum absolute atomic E-state index is 13.2. The van der Waals surface area contributed by atoms with Crippen molar-refractivity contribution in [3.63, 3.8) is 0 Å². The summed E-state index contributed by atoms with van der Waals surface area (Å²) in [5.74, 6) is -0.0698. The number of aryl methyl sites for hydroxylation is 2. The number of likely N-dealkylation sites (N-methyl/N-ethyl adjacent to an activating group) is 1. The Morgan fingerprint density at radius 2 is 1.97 bits per heavy atom. The van der Waals surface area contributed by atoms with E-state index in [1.54, 1.807) is 23.3 Å². The molecule has 6 nitrogen and oxygen atoms in total. The molecule has 1 aliphatic heterocycles. The van der Waals surface area contributed by atoms with Crippen LogP contribution in [0.3, 0.4) is 0 Å². The summed E-state index contributed by atoms with van der Waals surface area (Å²) < 4.78 is 0. The summed E-state index contributed by atoms with van der Waals surface area (Å²) >= 11 is 1.64. The third-order valence-electron chi connectivity index (χ3n) is 6.34. The van der Waals surface area contributed by atoms with E-state index in [0.717, 1.165) is 28.8 Å². The summed E-state index contributed by atoms with van der Waals surface area (Å²) in [6, 6.07) is 5.46. The van der Waals surface area contributed by atoms with Crippen molar-refractivity contribution in [1.82, 2.24) is 20.5 Å². The van der Waals surface area contributed by atoms with E-state index in [9.17, 15) is 9.59 Å². The van der Waals surface area contributed by atoms with Crippen molar-refractivity contribution in [3.05, 3.63) is 40.5 Å². The molecule has 0 aliphatic carbocycles. The van der Waals surface area contributed by atoms with Gasteiger partial charge in [0, 0.05) is 6.54 Å². The van der Waals surface area contributed by atoms with E-state index in [4.69, 9.17) is 0 Å². The lowest BCUT2D eigenvalue weighted by atomic mass is 9.86. The Morgan fingerprint density at radius 1 is 1.25 bits per heavy atom. The number of carbonyl (C=O) groups is 2. The molecule has 3 unspecified atom stereocenters. The second kappa shape index (κ2) is 9.71. The topological polar surface area (TPSA) is 74.3 Å². The number of thiazole rings is 1. The molecular formula is C25H36N4O2S. The minimum atomic E-state index is -0.414. The van der Waals surface area contributed by atoms with Crippen molar-refractivity contribution in [2.75, 3.05) is 13.6 Å². The van der Waals surface area contributed by atoms with Gasteiger partial charge in [0.05, 0.1) is 28.2 Å². The third-order valence-corrected chi connectivity index (χ3v) is 7.32. The van der Waals surface area contributed by atoms with E-state index >= 15 is 0 Å². The Bertz CT molecular complexity index is 979. The summed E-state index contributed by atoms with van der Waals surface area (Å²) in [4.78, 5) is 33.7. The van der Waals surface area contributed by atoms with Crippen LogP contribution in [0.25, 0.3) is 10.4 Å². The maximum Gasteiger partial charge on any atom is 0.243 e. The largest absolute Gasteiger partial charge is 0.348 e. The van der Waals surface area contributed by atoms with Crippen molar-refractivity contribution in [2.24, 2.45) is 5.41 Å². The van der Waals surface area contributed by atoms with E-state index < -0.39 is 6.04 Å². The van der Waals surface area contributed by atoms with Crippen molar-refractivity contribution >= 4 is 23.2 Å². The van der Waals surface area contributed by atoms with Crippen LogP contribution in [0.1, 0.15) is 63.4 Å². The summed E-state index contributed by atoms with van der Waals surface area (Å²) in [6.07, 6.45) is 1.55. The molecule has 1 aromatic carbocycles. The van der Waals surface area contributed by atoms with E-state index in [0.29, 0.717) is 13.0 Å². The van der Waals surface area contributed by atoms with Crippen LogP contribution < -0.4 is 10.6 Å². The highest BCUT2D eigenvalue weighted by Crippen LogP contribution is 2.31. The fourth-order valence-electron chi connectivity index (χ4n) is 4.66. The number of carbonyl (C=O) groups excluding carboxylic acids is 2. The molecule has 2 amide bonds. The van der Waals surface area contributed by atoms with E-state index in [-0.39, 0.29) is 29.3 Å². The maximum atomic E-state index is 13.2. The lowest BCUT2D eigenvalue weighted by molar-refractivity contribution is -0.142. The van der Waals surface area contributed by atoms with Gasteiger partial charge < -0.3 is 15.5 Å². The van der Waals surface area contributed by atoms with Crippen LogP contribution >= 0.6 is 11.3 Å². The molecule has 1 aromatic heterocycles. The highest BCUT2D eigenvalue weighted by molar-refractivity contribution is 7.13. The molecule has 2 N–H and O–H groups in total. The number of benzene rings is 1. The van der Waals surface area contributed by atoms with Crippen molar-refractivity contribution in [1.29, 1.82) is 0 Å². The van der Waals surface area contributed by atoms with E-state index in [1.807, 2.05) is 40.1 Å². The molecule has 1 fully saturated rings. The van der Waals surface area contributed by atoms with Crippen LogP contribution in [0, 0.1) is 19.3 Å². The Kier molecular flexibility index (Phi) is 7.40. The lowest BCUT2D eigenvalue weighted by Crippen LogP contribution is -2.55. The van der Waals surface area contributed by atoms with Crippen LogP contribution in [-0.4, -0.2) is 47.4 Å². The lowest BCUT2D eigenvalue weighted by Gasteiger charge is -2.35. The molecule has 32 heavy (non-hydrogen) atoms. The van der Waals surface area contributed by atoms with Gasteiger partial charge in [-0.05, 0) is 62.8 Å². The van der Waals surface area contributed by atoms with Crippen LogP contribution in [0.15, 0.2) is 23.7 Å². The number of rotatable bonds is 6. The number of hydrogen-bond donors (Lipinski definition) is 2. The van der Waals surface area contributed by atoms with Crippen LogP contribution in [-0.2, 0) is 9.59 Å². The molecule has 1 saturated heterocycles. The Hall–Kier alpha value is -2.25. The molecule has 0 saturated carbocycles. The fourth-order valence-corrected chi connectivity index (χ4v) is 5.47. The number of likely N-dealkylation sites (tertiary alicyclic amines) is 1. The number of nitrogens with one attached hydrogen (secondary N) is 2. The summed E-state index contributed by atoms with van der Waals surface area (Å²) in [6.45, 7) is 12.8. The molecule has 2 heterocycles. The zero-order chi connectivity index (χ0) is 23.6. The van der Waals surface area contributed by atoms with Gasteiger partial charge in [-0.3, -0.25) is 9.59 Å². The normalized spacial score (nSPS) is 18.5. The molecule has 3 rings (SSSR count). The monoisotopic (exact) mass is 456 g/mol. The number of amides is 2. The Morgan fingerprint density at radius 3 is 2.53 bits per heavy atom. The highest BCUT2D eigenvalue weighted by atomic mass is 32.1. The number of nitrogens with zero attached hydrogens (tertiary/aromatic N) is 2. The molecular weight excluding hydrogens is 420 g/mol. The van der Waals surface area contributed by atoms with Crippen molar-refractivity contribution < 1.29 is 9.59 Å². The second-order valence-corrected chi connectivity index (χ2v) is 10.7. The molecule has 174 valence electrons. The summed E-state index contributed by atoms with van der Waals surface area (Å²) in [5.41, 5.74) is 6.04. The smallest absolute Gasteiger partial charge is 0.243 e. The summed E-state index contributed by atoms with van der Waals surface area (Å²) in [7, 11) is 1.81. The van der Waals surface area contributed by atoms with Gasteiger partial charge in [-0.1, -0.05) is 39.0 Å². The molecule has 0 radical (unpaired) electrons. The van der Waals surface area contributed by atoms with E-state index in [1.165, 1.54) is 4.88 Å². The zero-order valence-corrected chi connectivity index (χ0v) is 21.1. The molecule has 3 atom stereocenters. The van der Waals surface area contributed by atoms with Crippen LogP contribution in [0.5, 0.6) is 0 Å². The predicted molar refractivity (Wildman–Crippen MR) is 131 cm³/mol. The first-order valence-corrected chi connectivity index (χ1v) is 12.2. The quantitative estimate of drug-likeness (QED) is 0.682. The Balaban J connectivity index is 1.72. The van der Waals surface area contributed by atoms with Crippen LogP contribution in [0.4, 0.5) is 0 Å². The minimum Gasteiger partial charge on any atom is -0.348 e. The molecule has 7 heteroatoms. The van der Waals surface area contributed by atoms with Gasteiger partial charge >= 0.3 is 0 Å². The minimum absolute atomic E-state index is 0.00534. The fraction of sp³-hybridized carbons (Fsp3) is 0.560. The van der Waals surface area contributed by atoms with Crippen molar-refractivity contribution in [3.8, 4) is 10.4 Å². The first kappa shape index (κ1) is 24.4. The van der Waals surface area contributed by atoms with Gasteiger partial charge in [0.25, 0.3) is 0 Å². The zero-order valence-electron chi connectivity index (χ0n) is 20.3. The Labute approximate surface area is 195 Å².